The van der Waals surface area contributed by atoms with Crippen LogP contribution in [0.4, 0.5) is 5.82 Å². The third-order valence-electron chi connectivity index (χ3n) is 2.64. The van der Waals surface area contributed by atoms with Crippen molar-refractivity contribution in [3.8, 4) is 0 Å². The maximum atomic E-state index is 11.4. The molecule has 1 N–H and O–H groups in total. The summed E-state index contributed by atoms with van der Waals surface area (Å²) in [7, 11) is 0. The first kappa shape index (κ1) is 7.81. The van der Waals surface area contributed by atoms with Gasteiger partial charge < -0.3 is 9.64 Å². The molecule has 6 nitrogen and oxygen atoms in total. The van der Waals surface area contributed by atoms with Gasteiger partial charge in [0.25, 0.3) is 5.56 Å². The number of rotatable bonds is 0. The molecule has 2 aliphatic rings. The van der Waals surface area contributed by atoms with Crippen LogP contribution in [-0.4, -0.2) is 28.9 Å². The fraction of sp³-hybridized carbons (Fsp3) is 0.500. The highest BCUT2D eigenvalue weighted by Crippen LogP contribution is 2.26. The van der Waals surface area contributed by atoms with Gasteiger partial charge in [-0.3, -0.25) is 14.3 Å². The van der Waals surface area contributed by atoms with E-state index in [4.69, 9.17) is 4.74 Å². The number of hydrogen-bond donors (Lipinski definition) is 1. The van der Waals surface area contributed by atoms with Crippen LogP contribution in [0, 0.1) is 0 Å². The lowest BCUT2D eigenvalue weighted by Gasteiger charge is -2.13. The van der Waals surface area contributed by atoms with Crippen LogP contribution < -0.4 is 16.1 Å². The van der Waals surface area contributed by atoms with Crippen molar-refractivity contribution in [1.82, 2.24) is 9.55 Å². The summed E-state index contributed by atoms with van der Waals surface area (Å²) >= 11 is 0. The van der Waals surface area contributed by atoms with Gasteiger partial charge >= 0.3 is 5.69 Å². The predicted octanol–water partition coefficient (Wildman–Crippen LogP) is -1.29. The number of ether oxygens (including phenoxy) is 1. The van der Waals surface area contributed by atoms with Crippen LogP contribution in [0.2, 0.25) is 0 Å². The molecule has 0 aliphatic carbocycles. The Labute approximate surface area is 78.7 Å². The standard InChI is InChI=1S/C8H9N3O3/c12-5-3-6-10-1-2-14-7(10)4-11(6)8(13)9-5/h3,7H,1-2,4H2,(H,9,12,13). The Balaban J connectivity index is 2.24. The van der Waals surface area contributed by atoms with Crippen molar-refractivity contribution in [1.29, 1.82) is 0 Å². The second-order valence-electron chi connectivity index (χ2n) is 3.43. The van der Waals surface area contributed by atoms with Gasteiger partial charge in [-0.05, 0) is 0 Å². The zero-order valence-electron chi connectivity index (χ0n) is 7.40. The number of nitrogens with zero attached hydrogens (tertiary/aromatic N) is 2. The Morgan fingerprint density at radius 1 is 1.50 bits per heavy atom. The molecule has 1 aromatic heterocycles. The van der Waals surface area contributed by atoms with E-state index in [9.17, 15) is 9.59 Å². The third kappa shape index (κ3) is 0.884. The zero-order valence-corrected chi connectivity index (χ0v) is 7.40. The molecule has 1 atom stereocenters. The van der Waals surface area contributed by atoms with Gasteiger partial charge in [0.15, 0.2) is 0 Å². The van der Waals surface area contributed by atoms with E-state index < -0.39 is 0 Å². The van der Waals surface area contributed by atoms with E-state index in [0.29, 0.717) is 19.0 Å². The smallest absolute Gasteiger partial charge is 0.330 e. The highest BCUT2D eigenvalue weighted by atomic mass is 16.5. The van der Waals surface area contributed by atoms with Crippen molar-refractivity contribution in [2.45, 2.75) is 12.8 Å². The lowest BCUT2D eigenvalue weighted by Crippen LogP contribution is -2.29. The minimum Gasteiger partial charge on any atom is -0.355 e. The number of fused-ring (bicyclic) bond motifs is 3. The molecular formula is C8H9N3O3. The van der Waals surface area contributed by atoms with Gasteiger partial charge in [0.05, 0.1) is 13.2 Å². The predicted molar refractivity (Wildman–Crippen MR) is 48.4 cm³/mol. The van der Waals surface area contributed by atoms with Crippen LogP contribution in [0.15, 0.2) is 15.7 Å². The average Bonchev–Trinajstić information content (AvgIpc) is 2.65. The molecule has 0 bridgehead atoms. The van der Waals surface area contributed by atoms with Gasteiger partial charge in [0.2, 0.25) is 0 Å². The van der Waals surface area contributed by atoms with Crippen LogP contribution in [0.3, 0.4) is 0 Å². The van der Waals surface area contributed by atoms with Crippen LogP contribution in [-0.2, 0) is 11.3 Å². The molecule has 0 aromatic carbocycles. The zero-order chi connectivity index (χ0) is 9.71. The van der Waals surface area contributed by atoms with E-state index in [0.717, 1.165) is 6.54 Å². The summed E-state index contributed by atoms with van der Waals surface area (Å²) in [4.78, 5) is 26.7. The SMILES string of the molecule is O=c1cc2n(c(=O)[nH]1)CC1OCCN21. The fourth-order valence-corrected chi connectivity index (χ4v) is 2.01. The van der Waals surface area contributed by atoms with Crippen molar-refractivity contribution in [2.75, 3.05) is 18.1 Å². The van der Waals surface area contributed by atoms with Gasteiger partial charge in [-0.25, -0.2) is 4.79 Å². The van der Waals surface area contributed by atoms with Crippen molar-refractivity contribution in [2.24, 2.45) is 0 Å². The molecule has 2 aliphatic heterocycles. The first-order valence-corrected chi connectivity index (χ1v) is 4.48. The minimum atomic E-state index is -0.356. The number of aromatic nitrogens is 2. The summed E-state index contributed by atoms with van der Waals surface area (Å²) in [5, 5.41) is 0. The molecule has 3 heterocycles. The maximum Gasteiger partial charge on any atom is 0.330 e. The van der Waals surface area contributed by atoms with E-state index in [-0.39, 0.29) is 17.5 Å². The van der Waals surface area contributed by atoms with Crippen LogP contribution in [0.1, 0.15) is 0 Å². The van der Waals surface area contributed by atoms with E-state index in [1.54, 1.807) is 0 Å². The molecule has 0 saturated carbocycles. The lowest BCUT2D eigenvalue weighted by atomic mass is 10.5. The molecule has 1 unspecified atom stereocenters. The van der Waals surface area contributed by atoms with Crippen LogP contribution in [0.5, 0.6) is 0 Å². The third-order valence-corrected chi connectivity index (χ3v) is 2.64. The molecule has 6 heteroatoms. The minimum absolute atomic E-state index is 0.0714. The molecule has 1 saturated heterocycles. The molecule has 0 radical (unpaired) electrons. The average molecular weight is 195 g/mol. The molecule has 1 aromatic rings. The fourth-order valence-electron chi connectivity index (χ4n) is 2.01. The van der Waals surface area contributed by atoms with E-state index >= 15 is 0 Å². The van der Waals surface area contributed by atoms with E-state index in [2.05, 4.69) is 4.98 Å². The Hall–Kier alpha value is -1.56. The Morgan fingerprint density at radius 3 is 3.21 bits per heavy atom. The topological polar surface area (TPSA) is 67.3 Å². The molecular weight excluding hydrogens is 186 g/mol. The molecule has 74 valence electrons. The summed E-state index contributed by atoms with van der Waals surface area (Å²) in [5.74, 6) is 0.668. The summed E-state index contributed by atoms with van der Waals surface area (Å²) in [5.41, 5.74) is -0.709. The van der Waals surface area contributed by atoms with Gasteiger partial charge in [0.1, 0.15) is 12.0 Å². The number of H-pyrrole nitrogens is 1. The highest BCUT2D eigenvalue weighted by Gasteiger charge is 2.34. The molecule has 0 spiro atoms. The molecule has 1 fully saturated rings. The van der Waals surface area contributed by atoms with Gasteiger partial charge in [-0.1, -0.05) is 0 Å². The number of anilines is 1. The first-order chi connectivity index (χ1) is 6.75. The Bertz CT molecular complexity index is 489. The first-order valence-electron chi connectivity index (χ1n) is 4.48. The molecule has 0 amide bonds. The lowest BCUT2D eigenvalue weighted by molar-refractivity contribution is 0.108. The monoisotopic (exact) mass is 195 g/mol. The normalized spacial score (nSPS) is 23.7. The largest absolute Gasteiger partial charge is 0.355 e. The summed E-state index contributed by atoms with van der Waals surface area (Å²) in [6.45, 7) is 1.91. The van der Waals surface area contributed by atoms with Crippen molar-refractivity contribution >= 4 is 5.82 Å². The van der Waals surface area contributed by atoms with E-state index in [1.807, 2.05) is 4.90 Å². The van der Waals surface area contributed by atoms with Gasteiger partial charge in [-0.15, -0.1) is 0 Å². The van der Waals surface area contributed by atoms with Gasteiger partial charge in [-0.2, -0.15) is 0 Å². The van der Waals surface area contributed by atoms with Crippen molar-refractivity contribution < 1.29 is 4.74 Å². The number of nitrogens with one attached hydrogen (secondary N) is 1. The Morgan fingerprint density at radius 2 is 2.36 bits per heavy atom. The second-order valence-corrected chi connectivity index (χ2v) is 3.43. The quantitative estimate of drug-likeness (QED) is 0.559. The van der Waals surface area contributed by atoms with Crippen molar-refractivity contribution in [3.63, 3.8) is 0 Å². The second kappa shape index (κ2) is 2.48. The van der Waals surface area contributed by atoms with Crippen molar-refractivity contribution in [3.05, 3.63) is 26.9 Å². The maximum absolute atomic E-state index is 11.4. The molecule has 3 rings (SSSR count). The highest BCUT2D eigenvalue weighted by molar-refractivity contribution is 5.43. The summed E-state index contributed by atoms with van der Waals surface area (Å²) in [6, 6.07) is 1.44. The van der Waals surface area contributed by atoms with Crippen LogP contribution >= 0.6 is 0 Å². The number of hydrogen-bond acceptors (Lipinski definition) is 4. The number of aromatic amines is 1. The van der Waals surface area contributed by atoms with Gasteiger partial charge in [0, 0.05) is 12.6 Å². The summed E-state index contributed by atoms with van der Waals surface area (Å²) in [6.07, 6.45) is -0.0714. The van der Waals surface area contributed by atoms with E-state index in [1.165, 1.54) is 10.6 Å². The molecule has 14 heavy (non-hydrogen) atoms. The summed E-state index contributed by atoms with van der Waals surface area (Å²) < 4.78 is 6.94. The Kier molecular flexibility index (Phi) is 1.38. The van der Waals surface area contributed by atoms with Crippen LogP contribution in [0.25, 0.3) is 0 Å².